The van der Waals surface area contributed by atoms with Gasteiger partial charge in [0.25, 0.3) is 0 Å². The van der Waals surface area contributed by atoms with Gasteiger partial charge in [0.15, 0.2) is 0 Å². The number of amides is 1. The Balaban J connectivity index is 0. The van der Waals surface area contributed by atoms with E-state index in [1.165, 1.54) is 225 Å². The first-order valence-electron chi connectivity index (χ1n) is 22.0. The summed E-state index contributed by atoms with van der Waals surface area (Å²) in [5.74, 6) is -0.802. The number of rotatable bonds is 40. The number of carbonyl (C=O) groups is 2. The van der Waals surface area contributed by atoms with E-state index in [4.69, 9.17) is 10.8 Å². The molecule has 0 aromatic carbocycles. The van der Waals surface area contributed by atoms with E-state index in [1.54, 1.807) is 0 Å². The minimum atomic E-state index is -0.651. The fraction of sp³-hybridized carbons (Fsp3) is 0.955. The van der Waals surface area contributed by atoms with Crippen molar-refractivity contribution in [1.82, 2.24) is 0 Å². The molecule has 0 aliphatic heterocycles. The van der Waals surface area contributed by atoms with Crippen LogP contribution in [0.3, 0.4) is 0 Å². The van der Waals surface area contributed by atoms with Crippen molar-refractivity contribution in [2.75, 3.05) is 0 Å². The standard InChI is InChI=1S/C22H45NO.C22H44O2/c2*1-2-3-4-5-6-7-8-9-10-11-12-13-14-15-16-17-18-19-20-21-22(23)24/h2-21H2,1H3,(H2,23,24);2-21H2,1H3,(H,23,24). The number of hydrogen-bond acceptors (Lipinski definition) is 2. The van der Waals surface area contributed by atoms with Gasteiger partial charge in [-0.3, -0.25) is 9.59 Å². The molecule has 0 aliphatic carbocycles. The van der Waals surface area contributed by atoms with Crippen LogP contribution in [0.1, 0.15) is 271 Å². The Morgan fingerprint density at radius 2 is 0.479 bits per heavy atom. The zero-order valence-corrected chi connectivity index (χ0v) is 33.1. The quantitative estimate of drug-likeness (QED) is 0.0632. The third-order valence-corrected chi connectivity index (χ3v) is 10.0. The molecular formula is C44H89NO3. The van der Waals surface area contributed by atoms with Gasteiger partial charge < -0.3 is 10.8 Å². The molecule has 288 valence electrons. The average molecular weight is 680 g/mol. The molecule has 4 heteroatoms. The van der Waals surface area contributed by atoms with Gasteiger partial charge in [0, 0.05) is 12.8 Å². The summed E-state index contributed by atoms with van der Waals surface area (Å²) in [6, 6.07) is 0. The lowest BCUT2D eigenvalue weighted by molar-refractivity contribution is -0.137. The zero-order chi connectivity index (χ0) is 35.4. The summed E-state index contributed by atoms with van der Waals surface area (Å²) in [6.07, 6.45) is 52.9. The van der Waals surface area contributed by atoms with Crippen LogP contribution in [0.4, 0.5) is 0 Å². The van der Waals surface area contributed by atoms with Crippen LogP contribution in [0.5, 0.6) is 0 Å². The lowest BCUT2D eigenvalue weighted by atomic mass is 10.0. The number of hydrogen-bond donors (Lipinski definition) is 2. The van der Waals surface area contributed by atoms with Gasteiger partial charge in [-0.2, -0.15) is 0 Å². The molecule has 4 nitrogen and oxygen atoms in total. The molecular weight excluding hydrogens is 590 g/mol. The van der Waals surface area contributed by atoms with Gasteiger partial charge in [-0.05, 0) is 12.8 Å². The van der Waals surface area contributed by atoms with Gasteiger partial charge in [0.1, 0.15) is 0 Å². The van der Waals surface area contributed by atoms with Crippen molar-refractivity contribution in [1.29, 1.82) is 0 Å². The molecule has 0 saturated carbocycles. The Morgan fingerprint density at radius 1 is 0.312 bits per heavy atom. The molecule has 0 unspecified atom stereocenters. The highest BCUT2D eigenvalue weighted by Crippen LogP contribution is 2.16. The highest BCUT2D eigenvalue weighted by Gasteiger charge is 1.99. The van der Waals surface area contributed by atoms with Crippen molar-refractivity contribution in [2.45, 2.75) is 271 Å². The fourth-order valence-electron chi connectivity index (χ4n) is 6.73. The second kappa shape index (κ2) is 45.9. The van der Waals surface area contributed by atoms with E-state index < -0.39 is 5.97 Å². The summed E-state index contributed by atoms with van der Waals surface area (Å²) >= 11 is 0. The topological polar surface area (TPSA) is 80.4 Å². The Labute approximate surface area is 302 Å². The molecule has 0 heterocycles. The number of primary amides is 1. The van der Waals surface area contributed by atoms with Crippen molar-refractivity contribution in [3.8, 4) is 0 Å². The molecule has 0 rings (SSSR count). The molecule has 0 fully saturated rings. The first-order valence-corrected chi connectivity index (χ1v) is 22.0. The van der Waals surface area contributed by atoms with E-state index in [-0.39, 0.29) is 5.91 Å². The first kappa shape index (κ1) is 49.1. The van der Waals surface area contributed by atoms with Gasteiger partial charge >= 0.3 is 5.97 Å². The van der Waals surface area contributed by atoms with Crippen LogP contribution in [0, 0.1) is 0 Å². The highest BCUT2D eigenvalue weighted by molar-refractivity contribution is 5.73. The normalized spacial score (nSPS) is 11.0. The van der Waals surface area contributed by atoms with Gasteiger partial charge in [0.05, 0.1) is 0 Å². The molecule has 0 aromatic rings. The molecule has 0 atom stereocenters. The van der Waals surface area contributed by atoms with E-state index in [2.05, 4.69) is 13.8 Å². The summed E-state index contributed by atoms with van der Waals surface area (Å²) in [6.45, 7) is 4.57. The number of carboxylic acids is 1. The predicted octanol–water partition coefficient (Wildman–Crippen LogP) is 15.2. The summed E-state index contributed by atoms with van der Waals surface area (Å²) in [5.41, 5.74) is 5.13. The summed E-state index contributed by atoms with van der Waals surface area (Å²) in [4.78, 5) is 21.0. The summed E-state index contributed by atoms with van der Waals surface area (Å²) < 4.78 is 0. The number of unbranched alkanes of at least 4 members (excludes halogenated alkanes) is 36. The van der Waals surface area contributed by atoms with Crippen molar-refractivity contribution in [2.24, 2.45) is 5.73 Å². The summed E-state index contributed by atoms with van der Waals surface area (Å²) in [5, 5.41) is 8.56. The van der Waals surface area contributed by atoms with Crippen LogP contribution in [0.2, 0.25) is 0 Å². The monoisotopic (exact) mass is 680 g/mol. The number of nitrogens with two attached hydrogens (primary N) is 1. The predicted molar refractivity (Wildman–Crippen MR) is 213 cm³/mol. The highest BCUT2D eigenvalue weighted by atomic mass is 16.4. The van der Waals surface area contributed by atoms with E-state index in [1.807, 2.05) is 0 Å². The molecule has 0 aliphatic rings. The van der Waals surface area contributed by atoms with Crippen LogP contribution >= 0.6 is 0 Å². The van der Waals surface area contributed by atoms with Gasteiger partial charge in [0.2, 0.25) is 5.91 Å². The lowest BCUT2D eigenvalue weighted by Gasteiger charge is -2.03. The van der Waals surface area contributed by atoms with Gasteiger partial charge in [-0.15, -0.1) is 0 Å². The van der Waals surface area contributed by atoms with Crippen molar-refractivity contribution in [3.63, 3.8) is 0 Å². The van der Waals surface area contributed by atoms with E-state index in [0.29, 0.717) is 12.8 Å². The zero-order valence-electron chi connectivity index (χ0n) is 33.1. The Hall–Kier alpha value is -1.06. The van der Waals surface area contributed by atoms with E-state index in [0.717, 1.165) is 19.3 Å². The fourth-order valence-corrected chi connectivity index (χ4v) is 6.73. The Morgan fingerprint density at radius 3 is 0.646 bits per heavy atom. The van der Waals surface area contributed by atoms with E-state index >= 15 is 0 Å². The maximum absolute atomic E-state index is 10.6. The maximum atomic E-state index is 10.6. The number of carboxylic acid groups (broad SMARTS) is 1. The SMILES string of the molecule is CCCCCCCCCCCCCCCCCCCCCC(=O)O.CCCCCCCCCCCCCCCCCCCCCC(N)=O. The first-order chi connectivity index (χ1) is 23.5. The van der Waals surface area contributed by atoms with Crippen LogP contribution in [0.25, 0.3) is 0 Å². The Kier molecular flexibility index (Phi) is 46.9. The Bertz CT molecular complexity index is 556. The molecule has 0 spiro atoms. The lowest BCUT2D eigenvalue weighted by Crippen LogP contribution is -2.09. The van der Waals surface area contributed by atoms with Crippen LogP contribution in [-0.2, 0) is 9.59 Å². The third-order valence-electron chi connectivity index (χ3n) is 10.0. The third kappa shape index (κ3) is 51.8. The van der Waals surface area contributed by atoms with Crippen LogP contribution in [0.15, 0.2) is 0 Å². The molecule has 0 radical (unpaired) electrons. The maximum Gasteiger partial charge on any atom is 0.303 e. The van der Waals surface area contributed by atoms with E-state index in [9.17, 15) is 9.59 Å². The summed E-state index contributed by atoms with van der Waals surface area (Å²) in [7, 11) is 0. The second-order valence-corrected chi connectivity index (χ2v) is 15.1. The largest absolute Gasteiger partial charge is 0.481 e. The molecule has 48 heavy (non-hydrogen) atoms. The molecule has 1 amide bonds. The minimum absolute atomic E-state index is 0.151. The van der Waals surface area contributed by atoms with Crippen LogP contribution in [-0.4, -0.2) is 17.0 Å². The van der Waals surface area contributed by atoms with Crippen molar-refractivity contribution < 1.29 is 14.7 Å². The minimum Gasteiger partial charge on any atom is -0.481 e. The van der Waals surface area contributed by atoms with Gasteiger partial charge in [-0.1, -0.05) is 245 Å². The average Bonchev–Trinajstić information content (AvgIpc) is 3.07. The molecule has 3 N–H and O–H groups in total. The van der Waals surface area contributed by atoms with Crippen LogP contribution < -0.4 is 5.73 Å². The molecule has 0 saturated heterocycles. The second-order valence-electron chi connectivity index (χ2n) is 15.1. The molecule has 0 bridgehead atoms. The van der Waals surface area contributed by atoms with Crippen molar-refractivity contribution >= 4 is 11.9 Å². The number of aliphatic carboxylic acids is 1. The van der Waals surface area contributed by atoms with Crippen molar-refractivity contribution in [3.05, 3.63) is 0 Å². The van der Waals surface area contributed by atoms with Gasteiger partial charge in [-0.25, -0.2) is 0 Å². The smallest absolute Gasteiger partial charge is 0.303 e. The number of carbonyl (C=O) groups excluding carboxylic acids is 1. The molecule has 0 aromatic heterocycles.